The van der Waals surface area contributed by atoms with Crippen LogP contribution in [-0.4, -0.2) is 28.1 Å². The zero-order valence-electron chi connectivity index (χ0n) is 21.0. The highest BCUT2D eigenvalue weighted by Gasteiger charge is 2.21. The maximum atomic E-state index is 13.3. The highest BCUT2D eigenvalue weighted by atomic mass is 32.2. The minimum atomic E-state index is -3.85. The summed E-state index contributed by atoms with van der Waals surface area (Å²) in [5.41, 5.74) is 2.21. The van der Waals surface area contributed by atoms with Crippen LogP contribution in [-0.2, 0) is 27.7 Å². The van der Waals surface area contributed by atoms with Gasteiger partial charge in [0.25, 0.3) is 5.69 Å². The fraction of sp³-hybridized carbons (Fsp3) is 0.231. The van der Waals surface area contributed by atoms with Crippen molar-refractivity contribution in [1.29, 1.82) is 0 Å². The molecule has 0 bridgehead atoms. The predicted octanol–water partition coefficient (Wildman–Crippen LogP) is 5.38. The third kappa shape index (κ3) is 6.44. The molecular formula is C26H26FN5O4S2. The van der Waals surface area contributed by atoms with Gasteiger partial charge in [0.05, 0.1) is 16.4 Å². The van der Waals surface area contributed by atoms with Crippen LogP contribution in [0.5, 0.6) is 0 Å². The first-order valence-corrected chi connectivity index (χ1v) is 14.1. The number of nitro groups is 1. The summed E-state index contributed by atoms with van der Waals surface area (Å²) in [4.78, 5) is 10.7. The molecule has 12 heteroatoms. The van der Waals surface area contributed by atoms with Gasteiger partial charge in [-0.25, -0.2) is 17.5 Å². The number of rotatable bonds is 9. The van der Waals surface area contributed by atoms with Crippen LogP contribution >= 0.6 is 11.8 Å². The van der Waals surface area contributed by atoms with Crippen molar-refractivity contribution < 1.29 is 17.7 Å². The molecule has 4 aromatic rings. The molecule has 0 atom stereocenters. The summed E-state index contributed by atoms with van der Waals surface area (Å²) in [5, 5.41) is 20.0. The van der Waals surface area contributed by atoms with Crippen LogP contribution in [0.15, 0.2) is 82.8 Å². The molecular weight excluding hydrogens is 529 g/mol. The van der Waals surface area contributed by atoms with Crippen molar-refractivity contribution >= 4 is 27.5 Å². The molecule has 3 aromatic carbocycles. The number of thioether (sulfide) groups is 1. The maximum absolute atomic E-state index is 13.3. The minimum Gasteiger partial charge on any atom is -0.273 e. The van der Waals surface area contributed by atoms with E-state index in [2.05, 4.69) is 14.9 Å². The quantitative estimate of drug-likeness (QED) is 0.167. The third-order valence-corrected chi connectivity index (χ3v) is 8.17. The summed E-state index contributed by atoms with van der Waals surface area (Å²) in [5.74, 6) is 0.419. The van der Waals surface area contributed by atoms with Crippen LogP contribution in [0.25, 0.3) is 5.69 Å². The topological polar surface area (TPSA) is 120 Å². The Morgan fingerprint density at radius 2 is 1.61 bits per heavy atom. The first-order chi connectivity index (χ1) is 17.9. The highest BCUT2D eigenvalue weighted by Crippen LogP contribution is 2.27. The summed E-state index contributed by atoms with van der Waals surface area (Å²) in [6.07, 6.45) is 0. The number of aromatic nitrogens is 3. The van der Waals surface area contributed by atoms with E-state index in [1.54, 1.807) is 53.1 Å². The van der Waals surface area contributed by atoms with Crippen molar-refractivity contribution in [3.05, 3.63) is 106 Å². The molecule has 1 N–H and O–H groups in total. The minimum absolute atomic E-state index is 0.0803. The van der Waals surface area contributed by atoms with Gasteiger partial charge in [0.1, 0.15) is 5.82 Å². The predicted molar refractivity (Wildman–Crippen MR) is 143 cm³/mol. The largest absolute Gasteiger partial charge is 0.273 e. The molecule has 0 aliphatic rings. The van der Waals surface area contributed by atoms with Gasteiger partial charge in [-0.15, -0.1) is 10.2 Å². The van der Waals surface area contributed by atoms with Crippen LogP contribution in [0, 0.1) is 15.9 Å². The molecule has 0 saturated heterocycles. The molecule has 0 unspecified atom stereocenters. The fourth-order valence-corrected chi connectivity index (χ4v) is 5.50. The molecule has 0 saturated carbocycles. The van der Waals surface area contributed by atoms with Gasteiger partial charge in [0.2, 0.25) is 10.0 Å². The van der Waals surface area contributed by atoms with Gasteiger partial charge < -0.3 is 0 Å². The Kier molecular flexibility index (Phi) is 7.95. The van der Waals surface area contributed by atoms with Gasteiger partial charge in [-0.3, -0.25) is 14.7 Å². The van der Waals surface area contributed by atoms with Gasteiger partial charge >= 0.3 is 0 Å². The number of nitro benzene ring substituents is 1. The number of halogens is 1. The number of nitrogens with zero attached hydrogens (tertiary/aromatic N) is 4. The number of non-ortho nitro benzene ring substituents is 1. The summed E-state index contributed by atoms with van der Waals surface area (Å²) >= 11 is 1.32. The summed E-state index contributed by atoms with van der Waals surface area (Å²) in [7, 11) is -3.85. The second-order valence-electron chi connectivity index (χ2n) is 9.52. The lowest BCUT2D eigenvalue weighted by molar-refractivity contribution is -0.384. The van der Waals surface area contributed by atoms with E-state index in [1.807, 2.05) is 20.8 Å². The fourth-order valence-electron chi connectivity index (χ4n) is 3.60. The molecule has 0 fully saturated rings. The SMILES string of the molecule is CC(C)(C)c1ccc(S(=O)(=O)NCc2nnc(SCc3ccc(F)cc3)n2-c2ccc([N+](=O)[O-])cc2)cc1. The smallest absolute Gasteiger partial charge is 0.269 e. The molecule has 0 radical (unpaired) electrons. The lowest BCUT2D eigenvalue weighted by Gasteiger charge is -2.19. The summed E-state index contributed by atoms with van der Waals surface area (Å²) < 4.78 is 43.5. The third-order valence-electron chi connectivity index (χ3n) is 5.75. The first kappa shape index (κ1) is 27.4. The van der Waals surface area contributed by atoms with Crippen molar-refractivity contribution in [3.63, 3.8) is 0 Å². The Morgan fingerprint density at radius 3 is 2.18 bits per heavy atom. The molecule has 9 nitrogen and oxygen atoms in total. The number of benzene rings is 3. The van der Waals surface area contributed by atoms with E-state index >= 15 is 0 Å². The number of hydrogen-bond donors (Lipinski definition) is 1. The van der Waals surface area contributed by atoms with Gasteiger partial charge in [0, 0.05) is 23.6 Å². The second kappa shape index (κ2) is 11.0. The van der Waals surface area contributed by atoms with Crippen LogP contribution in [0.2, 0.25) is 0 Å². The van der Waals surface area contributed by atoms with Gasteiger partial charge in [-0.2, -0.15) is 0 Å². The number of hydrogen-bond acceptors (Lipinski definition) is 7. The Labute approximate surface area is 224 Å². The van der Waals surface area contributed by atoms with Crippen molar-refractivity contribution in [3.8, 4) is 5.69 Å². The molecule has 0 aliphatic carbocycles. The average molecular weight is 556 g/mol. The van der Waals surface area contributed by atoms with Crippen molar-refractivity contribution in [2.45, 2.75) is 48.5 Å². The molecule has 0 amide bonds. The number of nitrogens with one attached hydrogen (secondary N) is 1. The van der Waals surface area contributed by atoms with Crippen molar-refractivity contribution in [1.82, 2.24) is 19.5 Å². The number of sulfonamides is 1. The summed E-state index contributed by atoms with van der Waals surface area (Å²) in [6, 6.07) is 18.6. The molecule has 0 aliphatic heterocycles. The lowest BCUT2D eigenvalue weighted by atomic mass is 9.87. The molecule has 0 spiro atoms. The van der Waals surface area contributed by atoms with Crippen LogP contribution < -0.4 is 4.72 Å². The second-order valence-corrected chi connectivity index (χ2v) is 12.2. The summed E-state index contributed by atoms with van der Waals surface area (Å²) in [6.45, 7) is 5.98. The van der Waals surface area contributed by atoms with E-state index < -0.39 is 14.9 Å². The first-order valence-electron chi connectivity index (χ1n) is 11.6. The van der Waals surface area contributed by atoms with Crippen molar-refractivity contribution in [2.24, 2.45) is 0 Å². The standard InChI is InChI=1S/C26H26FN5O4S2/c1-26(2,3)19-6-14-23(15-7-19)38(35,36)28-16-24-29-30-25(37-17-18-4-8-20(27)9-5-18)31(24)21-10-12-22(13-11-21)32(33)34/h4-15,28H,16-17H2,1-3H3. The van der Waals surface area contributed by atoms with Gasteiger partial charge in [-0.1, -0.05) is 56.8 Å². The Balaban J connectivity index is 1.60. The van der Waals surface area contributed by atoms with E-state index in [4.69, 9.17) is 0 Å². The zero-order valence-corrected chi connectivity index (χ0v) is 22.6. The van der Waals surface area contributed by atoms with E-state index in [-0.39, 0.29) is 28.4 Å². The van der Waals surface area contributed by atoms with Crippen LogP contribution in [0.1, 0.15) is 37.7 Å². The van der Waals surface area contributed by atoms with E-state index in [9.17, 15) is 22.9 Å². The van der Waals surface area contributed by atoms with E-state index in [1.165, 1.54) is 36.0 Å². The monoisotopic (exact) mass is 555 g/mol. The average Bonchev–Trinajstić information content (AvgIpc) is 3.29. The maximum Gasteiger partial charge on any atom is 0.269 e. The lowest BCUT2D eigenvalue weighted by Crippen LogP contribution is -2.25. The Morgan fingerprint density at radius 1 is 0.974 bits per heavy atom. The van der Waals surface area contributed by atoms with E-state index in [0.29, 0.717) is 22.4 Å². The molecule has 198 valence electrons. The molecule has 4 rings (SSSR count). The zero-order chi connectivity index (χ0) is 27.5. The van der Waals surface area contributed by atoms with Crippen LogP contribution in [0.4, 0.5) is 10.1 Å². The normalized spacial score (nSPS) is 12.0. The molecule has 38 heavy (non-hydrogen) atoms. The Bertz CT molecular complexity index is 1530. The highest BCUT2D eigenvalue weighted by molar-refractivity contribution is 7.98. The Hall–Kier alpha value is -3.61. The van der Waals surface area contributed by atoms with E-state index in [0.717, 1.165) is 11.1 Å². The molecule has 1 heterocycles. The van der Waals surface area contributed by atoms with Gasteiger partial charge in [-0.05, 0) is 52.9 Å². The van der Waals surface area contributed by atoms with Crippen LogP contribution in [0.3, 0.4) is 0 Å². The molecule has 1 aromatic heterocycles. The van der Waals surface area contributed by atoms with Gasteiger partial charge in [0.15, 0.2) is 11.0 Å². The van der Waals surface area contributed by atoms with Crippen molar-refractivity contribution in [2.75, 3.05) is 0 Å².